The number of benzene rings is 9. The first-order valence-electron chi connectivity index (χ1n) is 20.0. The maximum atomic E-state index is 5.63. The van der Waals surface area contributed by atoms with Crippen LogP contribution in [0.5, 0.6) is 0 Å². The van der Waals surface area contributed by atoms with E-state index in [0.717, 1.165) is 38.8 Å². The van der Waals surface area contributed by atoms with E-state index in [4.69, 9.17) is 9.97 Å². The van der Waals surface area contributed by atoms with Crippen LogP contribution in [-0.4, -0.2) is 14.5 Å². The Labute approximate surface area is 335 Å². The van der Waals surface area contributed by atoms with Gasteiger partial charge in [-0.3, -0.25) is 4.57 Å². The van der Waals surface area contributed by atoms with Gasteiger partial charge in [-0.1, -0.05) is 176 Å². The molecule has 0 radical (unpaired) electrons. The van der Waals surface area contributed by atoms with Crippen LogP contribution in [0.25, 0.3) is 94.1 Å². The first-order valence-corrected chi connectivity index (χ1v) is 20.0. The third kappa shape index (κ3) is 4.12. The summed E-state index contributed by atoms with van der Waals surface area (Å²) in [4.78, 5) is 11.0. The molecular formula is C55H33N3. The fraction of sp³-hybridized carbons (Fsp3) is 0.0182. The van der Waals surface area contributed by atoms with E-state index >= 15 is 0 Å². The van der Waals surface area contributed by atoms with Crippen molar-refractivity contribution in [3.8, 4) is 50.6 Å². The third-order valence-electron chi connectivity index (χ3n) is 12.8. The first-order chi connectivity index (χ1) is 28.8. The van der Waals surface area contributed by atoms with E-state index in [2.05, 4.69) is 205 Å². The quantitative estimate of drug-likeness (QED) is 0.181. The highest BCUT2D eigenvalue weighted by Gasteiger charge is 2.51. The normalized spacial score (nSPS) is 13.3. The van der Waals surface area contributed by atoms with E-state index < -0.39 is 5.41 Å². The molecule has 2 aromatic heterocycles. The van der Waals surface area contributed by atoms with Gasteiger partial charge in [-0.25, -0.2) is 9.97 Å². The van der Waals surface area contributed by atoms with Crippen LogP contribution in [-0.2, 0) is 5.41 Å². The largest absolute Gasteiger partial charge is 0.278 e. The van der Waals surface area contributed by atoms with Crippen LogP contribution in [0.2, 0.25) is 0 Å². The number of nitrogens with zero attached hydrogens (tertiary/aromatic N) is 3. The van der Waals surface area contributed by atoms with Crippen LogP contribution in [0.3, 0.4) is 0 Å². The topological polar surface area (TPSA) is 30.7 Å². The number of fused-ring (bicyclic) bond motifs is 16. The number of rotatable bonds is 3. The standard InChI is InChI=1S/C55H33N3/c1-2-14-34(15-3-1)36-26-30-44-51(33-36)58(50-31-28-35-16-4-5-17-38(35)52(44)50)54-56-49-25-13-9-21-43(49)53(57-54)37-27-29-42-41-20-8-12-24-47(41)55(48(42)32-37)45-22-10-6-18-39(45)40-19-7-11-23-46(40)55/h1-33H. The van der Waals surface area contributed by atoms with Gasteiger partial charge in [0.25, 0.3) is 0 Å². The van der Waals surface area contributed by atoms with Gasteiger partial charge in [0.1, 0.15) is 0 Å². The van der Waals surface area contributed by atoms with E-state index in [1.54, 1.807) is 0 Å². The third-order valence-corrected chi connectivity index (χ3v) is 12.8. The first kappa shape index (κ1) is 31.6. The molecule has 0 unspecified atom stereocenters. The lowest BCUT2D eigenvalue weighted by atomic mass is 9.70. The highest BCUT2D eigenvalue weighted by molar-refractivity contribution is 6.21. The second-order valence-corrected chi connectivity index (χ2v) is 15.7. The zero-order valence-corrected chi connectivity index (χ0v) is 31.4. The highest BCUT2D eigenvalue weighted by Crippen LogP contribution is 2.63. The van der Waals surface area contributed by atoms with Crippen molar-refractivity contribution in [2.24, 2.45) is 0 Å². The van der Waals surface area contributed by atoms with E-state index in [0.29, 0.717) is 5.95 Å². The van der Waals surface area contributed by atoms with Gasteiger partial charge in [0.05, 0.1) is 27.7 Å². The molecule has 2 heterocycles. The zero-order chi connectivity index (χ0) is 38.0. The lowest BCUT2D eigenvalue weighted by molar-refractivity contribution is 0.794. The van der Waals surface area contributed by atoms with Crippen LogP contribution >= 0.6 is 0 Å². The van der Waals surface area contributed by atoms with Crippen LogP contribution in [0, 0.1) is 0 Å². The zero-order valence-electron chi connectivity index (χ0n) is 31.4. The summed E-state index contributed by atoms with van der Waals surface area (Å²) in [5, 5.41) is 5.85. The van der Waals surface area contributed by atoms with Crippen molar-refractivity contribution in [3.05, 3.63) is 222 Å². The highest BCUT2D eigenvalue weighted by atomic mass is 15.2. The number of hydrogen-bond acceptors (Lipinski definition) is 2. The predicted octanol–water partition coefficient (Wildman–Crippen LogP) is 13.6. The fourth-order valence-electron chi connectivity index (χ4n) is 10.4. The predicted molar refractivity (Wildman–Crippen MR) is 239 cm³/mol. The molecule has 11 aromatic rings. The molecule has 0 saturated heterocycles. The summed E-state index contributed by atoms with van der Waals surface area (Å²) in [5.74, 6) is 0.657. The van der Waals surface area contributed by atoms with Crippen molar-refractivity contribution >= 4 is 43.5 Å². The molecule has 9 aromatic carbocycles. The molecular weight excluding hydrogens is 703 g/mol. The minimum atomic E-state index is -0.442. The molecule has 0 fully saturated rings. The van der Waals surface area contributed by atoms with Crippen LogP contribution in [0.4, 0.5) is 0 Å². The summed E-state index contributed by atoms with van der Waals surface area (Å²) in [6, 6.07) is 73.0. The Kier molecular flexibility index (Phi) is 6.37. The van der Waals surface area contributed by atoms with Crippen molar-refractivity contribution in [1.82, 2.24) is 14.5 Å². The van der Waals surface area contributed by atoms with Crippen LogP contribution in [0.1, 0.15) is 22.3 Å². The molecule has 2 aliphatic rings. The van der Waals surface area contributed by atoms with Gasteiger partial charge < -0.3 is 0 Å². The summed E-state index contributed by atoms with van der Waals surface area (Å²) >= 11 is 0. The number of aromatic nitrogens is 3. The van der Waals surface area contributed by atoms with Crippen molar-refractivity contribution in [2.45, 2.75) is 5.41 Å². The van der Waals surface area contributed by atoms with E-state index in [1.807, 2.05) is 0 Å². The molecule has 0 aliphatic heterocycles. The Hall–Kier alpha value is -7.62. The van der Waals surface area contributed by atoms with Crippen molar-refractivity contribution in [3.63, 3.8) is 0 Å². The summed E-state index contributed by atoms with van der Waals surface area (Å²) < 4.78 is 2.29. The van der Waals surface area contributed by atoms with Gasteiger partial charge in [-0.2, -0.15) is 0 Å². The molecule has 0 saturated carbocycles. The minimum absolute atomic E-state index is 0.442. The summed E-state index contributed by atoms with van der Waals surface area (Å²) in [6.45, 7) is 0. The van der Waals surface area contributed by atoms with Crippen molar-refractivity contribution in [2.75, 3.05) is 0 Å². The average molecular weight is 736 g/mol. The maximum absolute atomic E-state index is 5.63. The molecule has 13 rings (SSSR count). The Bertz CT molecular complexity index is 3460. The molecule has 0 bridgehead atoms. The lowest BCUT2D eigenvalue weighted by Gasteiger charge is -2.30. The van der Waals surface area contributed by atoms with Gasteiger partial charge in [0.15, 0.2) is 0 Å². The van der Waals surface area contributed by atoms with Gasteiger partial charge in [0.2, 0.25) is 5.95 Å². The minimum Gasteiger partial charge on any atom is -0.278 e. The van der Waals surface area contributed by atoms with E-state index in [-0.39, 0.29) is 0 Å². The van der Waals surface area contributed by atoms with E-state index in [9.17, 15) is 0 Å². The molecule has 0 atom stereocenters. The summed E-state index contributed by atoms with van der Waals surface area (Å²) in [5.41, 5.74) is 17.4. The van der Waals surface area contributed by atoms with Gasteiger partial charge in [-0.05, 0) is 90.7 Å². The van der Waals surface area contributed by atoms with Gasteiger partial charge in [0, 0.05) is 21.7 Å². The molecule has 0 amide bonds. The molecule has 1 spiro atoms. The smallest absolute Gasteiger partial charge is 0.235 e. The summed E-state index contributed by atoms with van der Waals surface area (Å²) in [7, 11) is 0. The lowest BCUT2D eigenvalue weighted by Crippen LogP contribution is -2.25. The molecule has 3 heteroatoms. The molecule has 2 aliphatic carbocycles. The average Bonchev–Trinajstić information content (AvgIpc) is 3.90. The molecule has 58 heavy (non-hydrogen) atoms. The Morgan fingerprint density at radius 2 is 0.966 bits per heavy atom. The second-order valence-electron chi connectivity index (χ2n) is 15.7. The van der Waals surface area contributed by atoms with Crippen molar-refractivity contribution < 1.29 is 0 Å². The molecule has 3 nitrogen and oxygen atoms in total. The van der Waals surface area contributed by atoms with Gasteiger partial charge in [-0.15, -0.1) is 0 Å². The molecule has 268 valence electrons. The number of para-hydroxylation sites is 1. The monoisotopic (exact) mass is 735 g/mol. The van der Waals surface area contributed by atoms with Gasteiger partial charge >= 0.3 is 0 Å². The Balaban J connectivity index is 1.10. The fourth-order valence-corrected chi connectivity index (χ4v) is 10.4. The van der Waals surface area contributed by atoms with Crippen LogP contribution < -0.4 is 0 Å². The Morgan fingerprint density at radius 3 is 1.71 bits per heavy atom. The Morgan fingerprint density at radius 1 is 0.362 bits per heavy atom. The van der Waals surface area contributed by atoms with E-state index in [1.165, 1.54) is 71.6 Å². The maximum Gasteiger partial charge on any atom is 0.235 e. The summed E-state index contributed by atoms with van der Waals surface area (Å²) in [6.07, 6.45) is 0. The van der Waals surface area contributed by atoms with Crippen molar-refractivity contribution in [1.29, 1.82) is 0 Å². The SMILES string of the molecule is c1ccc(-c2ccc3c4c5ccccc5ccc4n(-c4nc(-c5ccc6c(c5)C5(c7ccccc7-c7ccccc75)c5ccccc5-6)c5ccccc5n4)c3c2)cc1. The second kappa shape index (κ2) is 11.7. The van der Waals surface area contributed by atoms with Crippen LogP contribution in [0.15, 0.2) is 200 Å². The molecule has 0 N–H and O–H groups in total. The number of hydrogen-bond donors (Lipinski definition) is 0.